The maximum Gasteiger partial charge on any atom is 0.320 e. The molecule has 0 saturated carbocycles. The third-order valence-corrected chi connectivity index (χ3v) is 5.57. The highest BCUT2D eigenvalue weighted by Crippen LogP contribution is 2.31. The van der Waals surface area contributed by atoms with Crippen molar-refractivity contribution < 1.29 is 19.3 Å². The van der Waals surface area contributed by atoms with Gasteiger partial charge in [0.1, 0.15) is 11.6 Å². The Morgan fingerprint density at radius 1 is 1.24 bits per heavy atom. The molecule has 0 bridgehead atoms. The number of methoxy groups -OCH3 is 1. The molecule has 0 spiro atoms. The van der Waals surface area contributed by atoms with Crippen LogP contribution in [0.2, 0.25) is 0 Å². The molecule has 33 heavy (non-hydrogen) atoms. The number of hydrogen-bond donors (Lipinski definition) is 1. The Morgan fingerprint density at radius 3 is 2.88 bits per heavy atom. The number of aliphatic imine (C=N–C) groups is 1. The molecule has 4 rings (SSSR count). The van der Waals surface area contributed by atoms with E-state index in [1.165, 1.54) is 0 Å². The van der Waals surface area contributed by atoms with E-state index in [1.807, 2.05) is 30.3 Å². The number of benzene rings is 1. The first-order valence-electron chi connectivity index (χ1n) is 11.0. The summed E-state index contributed by atoms with van der Waals surface area (Å²) in [5.74, 6) is 1.43. The smallest absolute Gasteiger partial charge is 0.320 e. The van der Waals surface area contributed by atoms with Gasteiger partial charge in [0.15, 0.2) is 5.65 Å². The number of hydrogen-bond acceptors (Lipinski definition) is 9. The number of anilines is 1. The second kappa shape index (κ2) is 10.5. The fourth-order valence-electron chi connectivity index (χ4n) is 3.85. The first kappa shape index (κ1) is 22.9. The first-order chi connectivity index (χ1) is 16.1. The Kier molecular flexibility index (Phi) is 7.31. The summed E-state index contributed by atoms with van der Waals surface area (Å²) in [5, 5.41) is 10.5. The van der Waals surface area contributed by atoms with Crippen molar-refractivity contribution in [3.05, 3.63) is 35.9 Å². The van der Waals surface area contributed by atoms with E-state index < -0.39 is 0 Å². The molecular weight excluding hydrogens is 422 g/mol. The van der Waals surface area contributed by atoms with E-state index in [1.54, 1.807) is 20.4 Å². The average Bonchev–Trinajstić information content (AvgIpc) is 2.85. The Labute approximate surface area is 193 Å². The highest BCUT2D eigenvalue weighted by atomic mass is 16.5. The van der Waals surface area contributed by atoms with Gasteiger partial charge >= 0.3 is 6.01 Å². The zero-order valence-electron chi connectivity index (χ0n) is 19.2. The van der Waals surface area contributed by atoms with Crippen molar-refractivity contribution in [3.63, 3.8) is 0 Å². The minimum absolute atomic E-state index is 0.120. The summed E-state index contributed by atoms with van der Waals surface area (Å²) in [7, 11) is 3.32. The summed E-state index contributed by atoms with van der Waals surface area (Å²) in [6, 6.07) is 10.0. The largest absolute Gasteiger partial charge is 0.496 e. The average molecular weight is 452 g/mol. The highest BCUT2D eigenvalue weighted by molar-refractivity contribution is 5.89. The first-order valence-corrected chi connectivity index (χ1v) is 11.0. The van der Waals surface area contributed by atoms with Gasteiger partial charge in [-0.3, -0.25) is 0 Å². The van der Waals surface area contributed by atoms with Crippen molar-refractivity contribution >= 4 is 23.1 Å². The third-order valence-electron chi connectivity index (χ3n) is 5.57. The normalized spacial score (nSPS) is 16.5. The lowest BCUT2D eigenvalue weighted by molar-refractivity contribution is 0.0986. The van der Waals surface area contributed by atoms with Crippen molar-refractivity contribution in [3.8, 4) is 23.0 Å². The standard InChI is InChI=1S/C24H29N5O4/c1-16-15-32-12-10-29(16)23-19-6-7-20(17-5-8-21(31-3)18(13-17)14-30)26-22(19)27-24(28-23)33-11-4-9-25-2/h5-9,13,16,30H,4,10-12,14-15H2,1-3H3/b25-9+/t16-/m0/s1. The van der Waals surface area contributed by atoms with Crippen LogP contribution in [0.15, 0.2) is 35.3 Å². The van der Waals surface area contributed by atoms with Crippen LogP contribution in [0.3, 0.4) is 0 Å². The predicted octanol–water partition coefficient (Wildman–Crippen LogP) is 2.89. The van der Waals surface area contributed by atoms with Crippen LogP contribution >= 0.6 is 0 Å². The molecule has 1 atom stereocenters. The van der Waals surface area contributed by atoms with Gasteiger partial charge < -0.3 is 29.2 Å². The van der Waals surface area contributed by atoms with Gasteiger partial charge in [0.05, 0.1) is 50.7 Å². The van der Waals surface area contributed by atoms with Gasteiger partial charge in [-0.15, -0.1) is 0 Å². The lowest BCUT2D eigenvalue weighted by Crippen LogP contribution is -2.44. The molecule has 1 aliphatic heterocycles. The van der Waals surface area contributed by atoms with Crippen molar-refractivity contribution in [1.29, 1.82) is 0 Å². The molecule has 174 valence electrons. The number of fused-ring (bicyclic) bond motifs is 1. The summed E-state index contributed by atoms with van der Waals surface area (Å²) in [5.41, 5.74) is 2.85. The molecule has 1 saturated heterocycles. The van der Waals surface area contributed by atoms with E-state index in [4.69, 9.17) is 24.2 Å². The van der Waals surface area contributed by atoms with Crippen molar-refractivity contribution in [1.82, 2.24) is 15.0 Å². The van der Waals surface area contributed by atoms with Gasteiger partial charge in [-0.2, -0.15) is 9.97 Å². The van der Waals surface area contributed by atoms with Gasteiger partial charge in [-0.1, -0.05) is 0 Å². The number of aliphatic hydroxyl groups is 1. The van der Waals surface area contributed by atoms with Crippen LogP contribution in [0.1, 0.15) is 18.9 Å². The number of nitrogens with zero attached hydrogens (tertiary/aromatic N) is 5. The molecule has 0 aliphatic carbocycles. The molecule has 0 radical (unpaired) electrons. The quantitative estimate of drug-likeness (QED) is 0.412. The van der Waals surface area contributed by atoms with E-state index in [2.05, 4.69) is 21.8 Å². The number of rotatable bonds is 8. The topological polar surface area (TPSA) is 102 Å². The summed E-state index contributed by atoms with van der Waals surface area (Å²) in [6.07, 6.45) is 2.47. The zero-order chi connectivity index (χ0) is 23.2. The molecule has 3 aromatic rings. The van der Waals surface area contributed by atoms with Crippen LogP contribution in [-0.2, 0) is 11.3 Å². The summed E-state index contributed by atoms with van der Waals surface area (Å²) >= 11 is 0. The molecule has 2 aromatic heterocycles. The second-order valence-corrected chi connectivity index (χ2v) is 7.78. The molecule has 9 heteroatoms. The van der Waals surface area contributed by atoms with Crippen LogP contribution in [0.25, 0.3) is 22.3 Å². The van der Waals surface area contributed by atoms with Gasteiger partial charge in [-0.05, 0) is 37.3 Å². The lowest BCUT2D eigenvalue weighted by Gasteiger charge is -2.34. The van der Waals surface area contributed by atoms with Crippen LogP contribution < -0.4 is 14.4 Å². The van der Waals surface area contributed by atoms with E-state index in [0.29, 0.717) is 43.2 Å². The molecule has 1 aliphatic rings. The molecular formula is C24H29N5O4. The Balaban J connectivity index is 1.77. The summed E-state index contributed by atoms with van der Waals surface area (Å²) in [6.45, 7) is 4.43. The molecule has 1 N–H and O–H groups in total. The van der Waals surface area contributed by atoms with Gasteiger partial charge in [-0.25, -0.2) is 4.98 Å². The van der Waals surface area contributed by atoms with Crippen LogP contribution in [0, 0.1) is 0 Å². The SMILES string of the molecule is C/N=C/CCOc1nc(N2CCOC[C@@H]2C)c2ccc(-c3ccc(OC)c(CO)c3)nc2n1. The van der Waals surface area contributed by atoms with Crippen molar-refractivity contribution in [2.24, 2.45) is 4.99 Å². The monoisotopic (exact) mass is 451 g/mol. The molecule has 1 fully saturated rings. The van der Waals surface area contributed by atoms with Crippen LogP contribution in [-0.4, -0.2) is 72.8 Å². The maximum atomic E-state index is 9.69. The summed E-state index contributed by atoms with van der Waals surface area (Å²) in [4.78, 5) is 20.3. The highest BCUT2D eigenvalue weighted by Gasteiger charge is 2.24. The predicted molar refractivity (Wildman–Crippen MR) is 127 cm³/mol. The van der Waals surface area contributed by atoms with Gasteiger partial charge in [0.25, 0.3) is 0 Å². The lowest BCUT2D eigenvalue weighted by atomic mass is 10.1. The fraction of sp³-hybridized carbons (Fsp3) is 0.417. The van der Waals surface area contributed by atoms with E-state index in [-0.39, 0.29) is 18.7 Å². The fourth-order valence-corrected chi connectivity index (χ4v) is 3.85. The zero-order valence-corrected chi connectivity index (χ0v) is 19.2. The van der Waals surface area contributed by atoms with E-state index in [9.17, 15) is 5.11 Å². The van der Waals surface area contributed by atoms with Crippen LogP contribution in [0.4, 0.5) is 5.82 Å². The molecule has 1 aromatic carbocycles. The van der Waals surface area contributed by atoms with E-state index in [0.717, 1.165) is 29.0 Å². The Hall–Kier alpha value is -3.30. The van der Waals surface area contributed by atoms with Crippen molar-refractivity contribution in [2.75, 3.05) is 45.4 Å². The van der Waals surface area contributed by atoms with Crippen molar-refractivity contribution in [2.45, 2.75) is 26.0 Å². The minimum Gasteiger partial charge on any atom is -0.496 e. The van der Waals surface area contributed by atoms with Gasteiger partial charge in [0, 0.05) is 37.4 Å². The minimum atomic E-state index is -0.120. The Bertz CT molecular complexity index is 1140. The van der Waals surface area contributed by atoms with E-state index >= 15 is 0 Å². The molecule has 0 unspecified atom stereocenters. The van der Waals surface area contributed by atoms with Gasteiger partial charge in [0.2, 0.25) is 0 Å². The number of aliphatic hydroxyl groups excluding tert-OH is 1. The number of pyridine rings is 1. The summed E-state index contributed by atoms with van der Waals surface area (Å²) < 4.78 is 16.8. The molecule has 0 amide bonds. The maximum absolute atomic E-state index is 9.69. The van der Waals surface area contributed by atoms with Crippen LogP contribution in [0.5, 0.6) is 11.8 Å². The number of aromatic nitrogens is 3. The molecule has 3 heterocycles. The number of morpholine rings is 1. The Morgan fingerprint density at radius 2 is 2.12 bits per heavy atom. The number of ether oxygens (including phenoxy) is 3. The molecule has 9 nitrogen and oxygen atoms in total. The second-order valence-electron chi connectivity index (χ2n) is 7.78. The third kappa shape index (κ3) is 5.04.